The molecule has 0 amide bonds. The monoisotopic (exact) mass is 222 g/mol. The molecule has 1 unspecified atom stereocenters. The van der Waals surface area contributed by atoms with Crippen LogP contribution in [0.25, 0.3) is 0 Å². The van der Waals surface area contributed by atoms with Crippen molar-refractivity contribution in [2.75, 3.05) is 24.7 Å². The number of ether oxygens (including phenoxy) is 1. The largest absolute Gasteiger partial charge is 0.392 e. The van der Waals surface area contributed by atoms with Gasteiger partial charge in [-0.25, -0.2) is 0 Å². The summed E-state index contributed by atoms with van der Waals surface area (Å²) in [5, 5.41) is 9.33. The summed E-state index contributed by atoms with van der Waals surface area (Å²) in [6.45, 7) is 6.50. The Morgan fingerprint density at radius 1 is 1.62 bits per heavy atom. The highest BCUT2D eigenvalue weighted by Gasteiger charge is 2.21. The van der Waals surface area contributed by atoms with Gasteiger partial charge >= 0.3 is 0 Å². The normalized spacial score (nSPS) is 21.2. The van der Waals surface area contributed by atoms with E-state index in [1.807, 2.05) is 13.0 Å². The maximum Gasteiger partial charge on any atom is 0.0717 e. The second-order valence-electron chi connectivity index (χ2n) is 4.23. The first kappa shape index (κ1) is 11.4. The van der Waals surface area contributed by atoms with Gasteiger partial charge in [0.15, 0.2) is 0 Å². The average Bonchev–Trinajstić information content (AvgIpc) is 2.29. The second-order valence-corrected chi connectivity index (χ2v) is 4.23. The van der Waals surface area contributed by atoms with Gasteiger partial charge < -0.3 is 14.7 Å². The van der Waals surface area contributed by atoms with Crippen LogP contribution in [0.2, 0.25) is 0 Å². The lowest BCUT2D eigenvalue weighted by molar-refractivity contribution is 0.0987. The van der Waals surface area contributed by atoms with E-state index in [2.05, 4.69) is 16.8 Å². The fourth-order valence-electron chi connectivity index (χ4n) is 2.05. The van der Waals surface area contributed by atoms with Crippen molar-refractivity contribution in [3.05, 3.63) is 23.5 Å². The molecule has 1 aromatic heterocycles. The van der Waals surface area contributed by atoms with Crippen LogP contribution >= 0.6 is 0 Å². The van der Waals surface area contributed by atoms with Gasteiger partial charge in [0.25, 0.3) is 0 Å². The lowest BCUT2D eigenvalue weighted by Gasteiger charge is -2.36. The molecule has 0 spiro atoms. The van der Waals surface area contributed by atoms with Crippen molar-refractivity contribution < 1.29 is 9.84 Å². The Balaban J connectivity index is 2.33. The van der Waals surface area contributed by atoms with E-state index in [9.17, 15) is 5.11 Å². The summed E-state index contributed by atoms with van der Waals surface area (Å²) in [5.41, 5.74) is 2.95. The van der Waals surface area contributed by atoms with E-state index in [0.717, 1.165) is 36.7 Å². The minimum Gasteiger partial charge on any atom is -0.392 e. The van der Waals surface area contributed by atoms with Crippen molar-refractivity contribution in [3.8, 4) is 0 Å². The molecule has 16 heavy (non-hydrogen) atoms. The number of aliphatic hydroxyl groups is 1. The highest BCUT2D eigenvalue weighted by Crippen LogP contribution is 2.24. The fraction of sp³-hybridized carbons (Fsp3) is 0.583. The minimum atomic E-state index is 0.0344. The van der Waals surface area contributed by atoms with Crippen LogP contribution in [0, 0.1) is 6.92 Å². The molecule has 1 fully saturated rings. The minimum absolute atomic E-state index is 0.0344. The number of rotatable bonds is 2. The van der Waals surface area contributed by atoms with Gasteiger partial charge in [-0.3, -0.25) is 4.98 Å². The molecule has 1 aromatic rings. The van der Waals surface area contributed by atoms with Crippen LogP contribution in [-0.4, -0.2) is 35.9 Å². The molecule has 1 aliphatic heterocycles. The highest BCUT2D eigenvalue weighted by atomic mass is 16.5. The van der Waals surface area contributed by atoms with Crippen LogP contribution in [0.1, 0.15) is 18.2 Å². The Morgan fingerprint density at radius 3 is 3.12 bits per heavy atom. The number of anilines is 1. The fourth-order valence-corrected chi connectivity index (χ4v) is 2.05. The molecule has 4 heteroatoms. The summed E-state index contributed by atoms with van der Waals surface area (Å²) in [5.74, 6) is 0. The summed E-state index contributed by atoms with van der Waals surface area (Å²) >= 11 is 0. The molecule has 1 N–H and O–H groups in total. The first-order valence-corrected chi connectivity index (χ1v) is 5.63. The second kappa shape index (κ2) is 4.80. The van der Waals surface area contributed by atoms with Gasteiger partial charge in [0, 0.05) is 35.7 Å². The molecule has 0 aliphatic carbocycles. The smallest absolute Gasteiger partial charge is 0.0717 e. The maximum atomic E-state index is 9.33. The van der Waals surface area contributed by atoms with E-state index < -0.39 is 0 Å². The number of hydrogen-bond donors (Lipinski definition) is 1. The van der Waals surface area contributed by atoms with Crippen LogP contribution in [0.4, 0.5) is 5.69 Å². The van der Waals surface area contributed by atoms with Gasteiger partial charge in [-0.05, 0) is 19.9 Å². The topological polar surface area (TPSA) is 45.6 Å². The van der Waals surface area contributed by atoms with Crippen molar-refractivity contribution in [2.24, 2.45) is 0 Å². The number of morpholine rings is 1. The SMILES string of the molecule is Cc1cc(N2CCOCC2C)c(CO)cn1. The lowest BCUT2D eigenvalue weighted by Crippen LogP contribution is -2.44. The molecule has 1 aliphatic rings. The van der Waals surface area contributed by atoms with E-state index >= 15 is 0 Å². The van der Waals surface area contributed by atoms with Crippen LogP contribution < -0.4 is 4.90 Å². The number of pyridine rings is 1. The van der Waals surface area contributed by atoms with Crippen LogP contribution in [0.5, 0.6) is 0 Å². The van der Waals surface area contributed by atoms with Crippen molar-refractivity contribution in [3.63, 3.8) is 0 Å². The molecule has 2 rings (SSSR count). The summed E-state index contributed by atoms with van der Waals surface area (Å²) in [6, 6.07) is 2.38. The third-order valence-electron chi connectivity index (χ3n) is 2.95. The van der Waals surface area contributed by atoms with Crippen molar-refractivity contribution in [1.82, 2.24) is 4.98 Å². The van der Waals surface area contributed by atoms with E-state index in [1.165, 1.54) is 0 Å². The zero-order valence-corrected chi connectivity index (χ0v) is 9.81. The molecule has 88 valence electrons. The molecular weight excluding hydrogens is 204 g/mol. The molecule has 1 saturated heterocycles. The molecule has 0 radical (unpaired) electrons. The summed E-state index contributed by atoms with van der Waals surface area (Å²) in [6.07, 6.45) is 1.76. The van der Waals surface area contributed by atoms with Crippen molar-refractivity contribution in [2.45, 2.75) is 26.5 Å². The number of aliphatic hydroxyl groups excluding tert-OH is 1. The van der Waals surface area contributed by atoms with Crippen LogP contribution in [-0.2, 0) is 11.3 Å². The summed E-state index contributed by atoms with van der Waals surface area (Å²) in [7, 11) is 0. The third-order valence-corrected chi connectivity index (χ3v) is 2.95. The molecule has 4 nitrogen and oxygen atoms in total. The molecule has 0 bridgehead atoms. The Morgan fingerprint density at radius 2 is 2.44 bits per heavy atom. The lowest BCUT2D eigenvalue weighted by atomic mass is 10.1. The first-order chi connectivity index (χ1) is 7.72. The van der Waals surface area contributed by atoms with Gasteiger partial charge in [0.1, 0.15) is 0 Å². The van der Waals surface area contributed by atoms with E-state index in [-0.39, 0.29) is 6.61 Å². The van der Waals surface area contributed by atoms with Gasteiger partial charge in [-0.1, -0.05) is 0 Å². The van der Waals surface area contributed by atoms with Crippen LogP contribution in [0.15, 0.2) is 12.3 Å². The van der Waals surface area contributed by atoms with Crippen molar-refractivity contribution in [1.29, 1.82) is 0 Å². The Bertz CT molecular complexity index is 368. The Labute approximate surface area is 95.9 Å². The maximum absolute atomic E-state index is 9.33. The average molecular weight is 222 g/mol. The Hall–Kier alpha value is -1.13. The summed E-state index contributed by atoms with van der Waals surface area (Å²) in [4.78, 5) is 6.49. The van der Waals surface area contributed by atoms with Gasteiger partial charge in [-0.2, -0.15) is 0 Å². The third kappa shape index (κ3) is 2.18. The predicted octanol–water partition coefficient (Wildman–Crippen LogP) is 1.11. The quantitative estimate of drug-likeness (QED) is 0.814. The van der Waals surface area contributed by atoms with E-state index in [4.69, 9.17) is 4.74 Å². The van der Waals surface area contributed by atoms with Gasteiger partial charge in [0.05, 0.1) is 19.8 Å². The molecule has 1 atom stereocenters. The predicted molar refractivity (Wildman–Crippen MR) is 62.5 cm³/mol. The highest BCUT2D eigenvalue weighted by molar-refractivity contribution is 5.54. The molecule has 0 aromatic carbocycles. The van der Waals surface area contributed by atoms with Crippen LogP contribution in [0.3, 0.4) is 0 Å². The van der Waals surface area contributed by atoms with E-state index in [1.54, 1.807) is 6.20 Å². The molecule has 2 heterocycles. The van der Waals surface area contributed by atoms with E-state index in [0.29, 0.717) is 6.04 Å². The zero-order chi connectivity index (χ0) is 11.5. The number of nitrogens with zero attached hydrogens (tertiary/aromatic N) is 2. The number of hydrogen-bond acceptors (Lipinski definition) is 4. The molecular formula is C12H18N2O2. The summed E-state index contributed by atoms with van der Waals surface area (Å²) < 4.78 is 5.42. The molecule has 0 saturated carbocycles. The number of aromatic nitrogens is 1. The van der Waals surface area contributed by atoms with Crippen molar-refractivity contribution >= 4 is 5.69 Å². The number of aryl methyl sites for hydroxylation is 1. The first-order valence-electron chi connectivity index (χ1n) is 5.63. The van der Waals surface area contributed by atoms with Gasteiger partial charge in [-0.15, -0.1) is 0 Å². The zero-order valence-electron chi connectivity index (χ0n) is 9.81. The Kier molecular flexibility index (Phi) is 3.41. The standard InChI is InChI=1S/C12H18N2O2/c1-9-5-12(11(7-15)6-13-9)14-3-4-16-8-10(14)2/h5-6,10,15H,3-4,7-8H2,1-2H3. The van der Waals surface area contributed by atoms with Gasteiger partial charge in [0.2, 0.25) is 0 Å².